The average Bonchev–Trinajstić information content (AvgIpc) is 0.813. The van der Waals surface area contributed by atoms with E-state index < -0.39 is 89.8 Å². The van der Waals surface area contributed by atoms with Gasteiger partial charge in [0.2, 0.25) is 0 Å². The minimum absolute atomic E-state index is 0. The van der Waals surface area contributed by atoms with Crippen LogP contribution in [0.5, 0.6) is 0 Å². The second kappa shape index (κ2) is 85.0. The Morgan fingerprint density at radius 3 is 0.782 bits per heavy atom. The Kier molecular flexibility index (Phi) is 97.3. The average molecular weight is 2920 g/mol. The Hall–Kier alpha value is 10.0. The zero-order chi connectivity index (χ0) is 104. The van der Waals surface area contributed by atoms with Gasteiger partial charge in [0.1, 0.15) is 0 Å². The molecule has 0 bridgehead atoms. The van der Waals surface area contributed by atoms with Gasteiger partial charge in [-0.05, 0) is 249 Å². The van der Waals surface area contributed by atoms with Crippen molar-refractivity contribution in [1.82, 2.24) is 0 Å². The van der Waals surface area contributed by atoms with Crippen LogP contribution in [0.15, 0.2) is 0 Å². The topological polar surface area (TPSA) is 394 Å². The molecule has 0 spiro atoms. The van der Waals surface area contributed by atoms with Crippen molar-refractivity contribution in [2.75, 3.05) is 79.7 Å². The fourth-order valence-electron chi connectivity index (χ4n) is 16.4. The van der Waals surface area contributed by atoms with E-state index >= 15 is 0 Å². The third-order valence-electron chi connectivity index (χ3n) is 21.1. The van der Waals surface area contributed by atoms with E-state index in [0.29, 0.717) is 77.5 Å². The van der Waals surface area contributed by atoms with Crippen LogP contribution in [0.4, 0.5) is 0 Å². The van der Waals surface area contributed by atoms with Gasteiger partial charge in [0.15, 0.2) is 0 Å². The predicted octanol–water partition coefficient (Wildman–Crippen LogP) is 22.6. The molecule has 0 aliphatic heterocycles. The van der Waals surface area contributed by atoms with Crippen molar-refractivity contribution in [3.05, 3.63) is 38.5 Å². The van der Waals surface area contributed by atoms with E-state index in [1.54, 1.807) is 6.66 Å². The van der Waals surface area contributed by atoms with Gasteiger partial charge in [0.05, 0.1) is 159 Å². The maximum absolute atomic E-state index is 12.4. The van der Waals surface area contributed by atoms with Crippen LogP contribution in [0, 0.1) is 74.0 Å². The van der Waals surface area contributed by atoms with Crippen molar-refractivity contribution in [3.63, 3.8) is 0 Å². The molecule has 0 amide bonds. The Labute approximate surface area is 1110 Å². The van der Waals surface area contributed by atoms with Crippen molar-refractivity contribution in [1.29, 1.82) is 0 Å². The predicted molar refractivity (Wildman–Crippen MR) is 584 cm³/mol. The van der Waals surface area contributed by atoms with Crippen molar-refractivity contribution in [2.24, 2.45) is 35.5 Å². The summed E-state index contributed by atoms with van der Waals surface area (Å²) in [7, 11) is -21.5. The van der Waals surface area contributed by atoms with E-state index in [2.05, 4.69) is 26.2 Å². The maximum Gasteiger partial charge on any atom is 2.00 e. The summed E-state index contributed by atoms with van der Waals surface area (Å²) in [5.74, 6) is 0.929. The largest absolute Gasteiger partial charge is 2.00 e. The van der Waals surface area contributed by atoms with Crippen LogP contribution in [0.3, 0.4) is 0 Å². The molecule has 0 heterocycles. The number of hydrogen-bond acceptors (Lipinski definition) is 32. The van der Waals surface area contributed by atoms with Gasteiger partial charge in [0, 0.05) is 79.0 Å². The molecule has 45 heteroatoms. The molecule has 4 N–H and O–H groups in total. The molecular weight excluding hydrogens is 2720 g/mol. The molecule has 32 nitrogen and oxygen atoms in total. The van der Waals surface area contributed by atoms with E-state index in [1.165, 1.54) is 40.0 Å². The molecule has 7 rings (SSSR count). The third-order valence-corrected chi connectivity index (χ3v) is 31.3. The van der Waals surface area contributed by atoms with E-state index in [0.717, 1.165) is 70.6 Å². The molecule has 7 saturated carbocycles. The molecule has 0 aromatic heterocycles. The van der Waals surface area contributed by atoms with Crippen LogP contribution in [0.2, 0.25) is 0 Å². The van der Waals surface area contributed by atoms with Crippen molar-refractivity contribution in [3.8, 4) is 0 Å². The first-order valence-corrected chi connectivity index (χ1v) is 64.2. The van der Waals surface area contributed by atoms with Crippen LogP contribution in [-0.2, 0) is 128 Å². The van der Waals surface area contributed by atoms with Gasteiger partial charge in [-0.3, -0.25) is 44.8 Å². The molecule has 26 atom stereocenters. The Bertz CT molecular complexity index is 3410. The van der Waals surface area contributed by atoms with Gasteiger partial charge in [-0.1, -0.05) is 38.4 Å². The second-order valence-electron chi connectivity index (χ2n) is 41.3. The molecule has 7 fully saturated rings. The second-order valence-corrected chi connectivity index (χ2v) is 55.1. The molecule has 26 unspecified atom stereocenters. The Morgan fingerprint density at radius 2 is 0.493 bits per heavy atom. The quantitative estimate of drug-likeness (QED) is 0.0250. The summed E-state index contributed by atoms with van der Waals surface area (Å²) in [6, 6.07) is 0. The summed E-state index contributed by atoms with van der Waals surface area (Å²) >= 11 is 0. The summed E-state index contributed by atoms with van der Waals surface area (Å²) < 4.78 is 203. The SMILES string of the molecule is CC(C)OC1CC[CH-]CC1OP(C)(=O)OC(C)C.CC(C)OC1CC[CH-]CC1OP(C)(=O)OC(C)C.CC(C)OCC1C[CH-]C(O)CC1OP(C)(=O)OC(C)C.CC(C)OCC1C[CH-]C(O)CC1OP(C)(=O)OC(C)C.CC(C)OCC1C[CH-]CC(O)C1OP(C)(=O)OC(C)C.CC(C)OCC1C[CH-]CCC1OP(C)(=O)OC(C)C.CC1CC(O)C(OP(C)(=O)OC(C)C)C(COC(C)C)C1.[Ba+2].[Ba+2].[Ba+2].[Ba+2].[Ba+2].[Ba+2].[H-].[H-].[H-].[H-].[H-].[H-]. The van der Waals surface area contributed by atoms with Gasteiger partial charge in [-0.2, -0.15) is 51.4 Å². The summed E-state index contributed by atoms with van der Waals surface area (Å²) in [5.41, 5.74) is 0. The maximum atomic E-state index is 12.4. The first-order chi connectivity index (χ1) is 62.6. The Balaban J connectivity index is -0.000000144. The van der Waals surface area contributed by atoms with Crippen molar-refractivity contribution >= 4 is 346 Å². The Morgan fingerprint density at radius 1 is 0.254 bits per heavy atom. The van der Waals surface area contributed by atoms with Crippen LogP contribution >= 0.6 is 53.2 Å². The van der Waals surface area contributed by atoms with Crippen LogP contribution in [0.1, 0.15) is 319 Å². The fourth-order valence-corrected chi connectivity index (χ4v) is 27.3. The summed E-state index contributed by atoms with van der Waals surface area (Å²) in [6.45, 7) is 68.9. The molecule has 7 aliphatic carbocycles. The number of hydrogen-bond donors (Lipinski definition) is 4. The number of aliphatic hydroxyl groups excluding tert-OH is 4. The van der Waals surface area contributed by atoms with E-state index in [4.69, 9.17) is 96.5 Å². The van der Waals surface area contributed by atoms with Gasteiger partial charge in [-0.25, -0.2) is 0 Å². The molecule has 0 aromatic carbocycles. The zero-order valence-corrected chi connectivity index (χ0v) is 128. The molecule has 0 saturated heterocycles. The minimum Gasteiger partial charge on any atom is -1.00 e. The summed E-state index contributed by atoms with van der Waals surface area (Å²) in [4.78, 5) is 0. The summed E-state index contributed by atoms with van der Waals surface area (Å²) in [5, 5.41) is 39.9. The number of aliphatic hydroxyl groups is 4. The molecular formula is C97H201Ba6O32P7. The smallest absolute Gasteiger partial charge is 1.00 e. The first kappa shape index (κ1) is 163. The number of rotatable bonds is 47. The summed E-state index contributed by atoms with van der Waals surface area (Å²) in [6.07, 6.45) is 21.6. The van der Waals surface area contributed by atoms with Gasteiger partial charge < -0.3 is 151 Å². The van der Waals surface area contributed by atoms with Crippen LogP contribution < -0.4 is 0 Å². The minimum atomic E-state index is -3.17. The molecule has 0 aromatic rings. The van der Waals surface area contributed by atoms with E-state index in [-0.39, 0.29) is 460 Å². The van der Waals surface area contributed by atoms with Gasteiger partial charge >= 0.3 is 346 Å². The third kappa shape index (κ3) is 81.6. The molecule has 828 valence electrons. The first-order valence-electron chi connectivity index (χ1n) is 50.2. The van der Waals surface area contributed by atoms with Gasteiger partial charge in [0.25, 0.3) is 0 Å². The van der Waals surface area contributed by atoms with E-state index in [1.807, 2.05) is 213 Å². The van der Waals surface area contributed by atoms with Crippen molar-refractivity contribution in [2.45, 2.75) is 475 Å². The molecule has 0 radical (unpaired) electrons. The molecule has 7 aliphatic rings. The fraction of sp³-hybridized carbons (Fsp3) is 0.938. The standard InChI is InChI=1S/C15H31O5P.3C14H28O5P.C14H28O4P.2C13H26O4P.6Ba.6H/c1-10(2)18-9-13-7-12(5)8-14(16)15(13)20-21(6,17)19-11(3)4;2*1-10(2)17-9-12-6-7-13(15)8-14(12)19-20(5,16)18-11(3)4;1-10(2)17-9-12-7-6-8-13(15)14(12)19-20(5,16)18-11(3)4;1-11(2)16-10-13-8-6-7-9-14(13)18-19(5,15)17-12(3)4;2*1-10(2)15-12-8-6-7-9-13(12)17-18(5,14)16-11(3)4;;;;;;;;;;;;/h10-16H,7-9H2,1-6H3;2*7,10-15H,6,8-9H2,1-5H3;6,10-15H,7-9H2,1-5H3;6,11-14H,7-10H2,1-5H3;2*7,10-13H,6,8-9H2,1-5H3;;;;;;;;;;;;/q;6*-1;6*+2;6*-1. The number of ether oxygens (including phenoxy) is 7. The zero-order valence-electron chi connectivity index (χ0n) is 101. The van der Waals surface area contributed by atoms with Crippen LogP contribution in [0.25, 0.3) is 0 Å². The van der Waals surface area contributed by atoms with Crippen LogP contribution in [-0.4, -0.2) is 558 Å². The monoisotopic (exact) mass is 2920 g/mol. The van der Waals surface area contributed by atoms with Gasteiger partial charge in [-0.15, -0.1) is 12.8 Å². The van der Waals surface area contributed by atoms with Crippen molar-refractivity contribution < 1.29 is 157 Å². The van der Waals surface area contributed by atoms with E-state index in [9.17, 15) is 52.4 Å². The molecule has 142 heavy (non-hydrogen) atoms. The normalized spacial score (nSPS) is 28.9.